The molecule has 4 aromatic rings. The first kappa shape index (κ1) is 18.7. The lowest BCUT2D eigenvalue weighted by Gasteiger charge is -2.18. The molecular weight excluding hydrogens is 362 g/mol. The first-order valence-electron chi connectivity index (χ1n) is 9.60. The number of aryl methyl sites for hydroxylation is 1. The quantitative estimate of drug-likeness (QED) is 0.525. The van der Waals surface area contributed by atoms with Crippen molar-refractivity contribution in [3.05, 3.63) is 84.2 Å². The molecule has 0 aliphatic rings. The van der Waals surface area contributed by atoms with E-state index in [0.29, 0.717) is 5.69 Å². The minimum absolute atomic E-state index is 0.206. The van der Waals surface area contributed by atoms with Gasteiger partial charge in [0, 0.05) is 18.0 Å². The van der Waals surface area contributed by atoms with Gasteiger partial charge < -0.3 is 14.5 Å². The third-order valence-electron chi connectivity index (χ3n) is 5.05. The monoisotopic (exact) mass is 385 g/mol. The normalized spacial score (nSPS) is 12.0. The summed E-state index contributed by atoms with van der Waals surface area (Å²) in [5.41, 5.74) is 5.40. The van der Waals surface area contributed by atoms with Crippen molar-refractivity contribution >= 4 is 17.2 Å². The number of fused-ring (bicyclic) bond motifs is 1. The Morgan fingerprint density at radius 2 is 1.83 bits per heavy atom. The lowest BCUT2D eigenvalue weighted by molar-refractivity contribution is -0.122. The molecule has 2 heterocycles. The highest BCUT2D eigenvalue weighted by molar-refractivity contribution is 5.97. The number of ether oxygens (including phenoxy) is 1. The summed E-state index contributed by atoms with van der Waals surface area (Å²) >= 11 is 0. The smallest absolute Gasteiger partial charge is 0.265 e. The molecule has 29 heavy (non-hydrogen) atoms. The first-order chi connectivity index (χ1) is 14.0. The van der Waals surface area contributed by atoms with Crippen LogP contribution in [0.5, 0.6) is 5.75 Å². The third-order valence-corrected chi connectivity index (χ3v) is 5.05. The second kappa shape index (κ2) is 7.80. The Morgan fingerprint density at radius 3 is 2.66 bits per heavy atom. The number of aromatic nitrogens is 2. The van der Waals surface area contributed by atoms with Crippen LogP contribution in [-0.2, 0) is 4.79 Å². The SMILES string of the molecule is Cc1cccc(OC(C)C(=O)Nc2ccccc2-c2cn3ccccc3n2)c1C. The molecule has 0 bridgehead atoms. The standard InChI is InChI=1S/C24H23N3O2/c1-16-9-8-12-22(17(16)2)29-18(3)24(28)26-20-11-5-4-10-19(20)21-15-27-14-7-6-13-23(27)25-21/h4-15,18H,1-3H3,(H,26,28). The summed E-state index contributed by atoms with van der Waals surface area (Å²) in [5.74, 6) is 0.517. The molecule has 0 saturated carbocycles. The summed E-state index contributed by atoms with van der Waals surface area (Å²) in [7, 11) is 0. The second-order valence-corrected chi connectivity index (χ2v) is 7.09. The molecule has 4 rings (SSSR count). The van der Waals surface area contributed by atoms with Crippen molar-refractivity contribution in [2.75, 3.05) is 5.32 Å². The van der Waals surface area contributed by atoms with Crippen LogP contribution >= 0.6 is 0 Å². The summed E-state index contributed by atoms with van der Waals surface area (Å²) in [6.45, 7) is 5.77. The number of benzene rings is 2. The van der Waals surface area contributed by atoms with Gasteiger partial charge in [-0.15, -0.1) is 0 Å². The van der Waals surface area contributed by atoms with E-state index in [9.17, 15) is 4.79 Å². The van der Waals surface area contributed by atoms with Gasteiger partial charge in [-0.3, -0.25) is 4.79 Å². The Kier molecular flexibility index (Phi) is 5.04. The van der Waals surface area contributed by atoms with E-state index in [-0.39, 0.29) is 5.91 Å². The number of nitrogens with zero attached hydrogens (tertiary/aromatic N) is 2. The van der Waals surface area contributed by atoms with E-state index >= 15 is 0 Å². The van der Waals surface area contributed by atoms with E-state index < -0.39 is 6.10 Å². The number of amides is 1. The van der Waals surface area contributed by atoms with Gasteiger partial charge in [-0.2, -0.15) is 0 Å². The van der Waals surface area contributed by atoms with E-state index in [0.717, 1.165) is 33.8 Å². The summed E-state index contributed by atoms with van der Waals surface area (Å²) in [6.07, 6.45) is 3.27. The number of rotatable bonds is 5. The molecule has 2 aromatic heterocycles. The molecule has 0 spiro atoms. The maximum Gasteiger partial charge on any atom is 0.265 e. The topological polar surface area (TPSA) is 55.6 Å². The van der Waals surface area contributed by atoms with Crippen molar-refractivity contribution in [2.24, 2.45) is 0 Å². The fourth-order valence-electron chi connectivity index (χ4n) is 3.21. The van der Waals surface area contributed by atoms with Crippen molar-refractivity contribution in [1.82, 2.24) is 9.38 Å². The number of nitrogens with one attached hydrogen (secondary N) is 1. The Bertz CT molecular complexity index is 1150. The summed E-state index contributed by atoms with van der Waals surface area (Å²) in [5, 5.41) is 2.99. The molecule has 1 amide bonds. The van der Waals surface area contributed by atoms with Crippen LogP contribution in [0.2, 0.25) is 0 Å². The first-order valence-corrected chi connectivity index (χ1v) is 9.60. The van der Waals surface area contributed by atoms with Crippen LogP contribution in [0, 0.1) is 13.8 Å². The number of imidazole rings is 1. The molecule has 5 heteroatoms. The summed E-state index contributed by atoms with van der Waals surface area (Å²) < 4.78 is 7.88. The second-order valence-electron chi connectivity index (χ2n) is 7.09. The number of hydrogen-bond donors (Lipinski definition) is 1. The van der Waals surface area contributed by atoms with Crippen molar-refractivity contribution < 1.29 is 9.53 Å². The molecular formula is C24H23N3O2. The zero-order valence-corrected chi connectivity index (χ0v) is 16.7. The van der Waals surface area contributed by atoms with E-state index in [2.05, 4.69) is 10.3 Å². The van der Waals surface area contributed by atoms with Gasteiger partial charge in [0.2, 0.25) is 0 Å². The van der Waals surface area contributed by atoms with Gasteiger partial charge >= 0.3 is 0 Å². The number of hydrogen-bond acceptors (Lipinski definition) is 3. The molecule has 146 valence electrons. The van der Waals surface area contributed by atoms with Crippen LogP contribution in [-0.4, -0.2) is 21.4 Å². The molecule has 1 atom stereocenters. The van der Waals surface area contributed by atoms with Gasteiger partial charge in [0.1, 0.15) is 11.4 Å². The Labute approximate surface area is 170 Å². The van der Waals surface area contributed by atoms with Gasteiger partial charge in [0.25, 0.3) is 5.91 Å². The van der Waals surface area contributed by atoms with Gasteiger partial charge in [-0.05, 0) is 56.2 Å². The lowest BCUT2D eigenvalue weighted by Crippen LogP contribution is -2.30. The predicted octanol–water partition coefficient (Wildman–Crippen LogP) is 5.02. The van der Waals surface area contributed by atoms with E-state index in [1.807, 2.05) is 91.3 Å². The maximum atomic E-state index is 12.8. The average Bonchev–Trinajstić information content (AvgIpc) is 3.16. The Balaban J connectivity index is 1.56. The van der Waals surface area contributed by atoms with Crippen molar-refractivity contribution in [2.45, 2.75) is 26.9 Å². The third kappa shape index (κ3) is 3.85. The van der Waals surface area contributed by atoms with Crippen LogP contribution < -0.4 is 10.1 Å². The van der Waals surface area contributed by atoms with Gasteiger partial charge in [-0.25, -0.2) is 4.98 Å². The Hall–Kier alpha value is -3.60. The average molecular weight is 385 g/mol. The van der Waals surface area contributed by atoms with Crippen LogP contribution in [0.3, 0.4) is 0 Å². The molecule has 1 unspecified atom stereocenters. The molecule has 0 aliphatic carbocycles. The molecule has 2 aromatic carbocycles. The Morgan fingerprint density at radius 1 is 1.03 bits per heavy atom. The van der Waals surface area contributed by atoms with E-state index in [1.165, 1.54) is 0 Å². The minimum Gasteiger partial charge on any atom is -0.481 e. The highest BCUT2D eigenvalue weighted by Gasteiger charge is 2.18. The fourth-order valence-corrected chi connectivity index (χ4v) is 3.21. The number of carbonyl (C=O) groups excluding carboxylic acids is 1. The highest BCUT2D eigenvalue weighted by Crippen LogP contribution is 2.28. The number of para-hydroxylation sites is 1. The van der Waals surface area contributed by atoms with Crippen LogP contribution in [0.15, 0.2) is 73.1 Å². The number of pyridine rings is 1. The summed E-state index contributed by atoms with van der Waals surface area (Å²) in [6, 6.07) is 19.4. The largest absolute Gasteiger partial charge is 0.481 e. The van der Waals surface area contributed by atoms with E-state index in [4.69, 9.17) is 4.74 Å². The summed E-state index contributed by atoms with van der Waals surface area (Å²) in [4.78, 5) is 17.5. The van der Waals surface area contributed by atoms with Crippen molar-refractivity contribution in [3.63, 3.8) is 0 Å². The molecule has 0 fully saturated rings. The molecule has 0 radical (unpaired) electrons. The van der Waals surface area contributed by atoms with Crippen molar-refractivity contribution in [3.8, 4) is 17.0 Å². The van der Waals surface area contributed by atoms with Crippen LogP contribution in [0.4, 0.5) is 5.69 Å². The van der Waals surface area contributed by atoms with Crippen LogP contribution in [0.1, 0.15) is 18.1 Å². The minimum atomic E-state index is -0.635. The van der Waals surface area contributed by atoms with E-state index in [1.54, 1.807) is 6.92 Å². The number of anilines is 1. The maximum absolute atomic E-state index is 12.8. The van der Waals surface area contributed by atoms with Gasteiger partial charge in [0.05, 0.1) is 11.4 Å². The predicted molar refractivity (Wildman–Crippen MR) is 115 cm³/mol. The molecule has 1 N–H and O–H groups in total. The highest BCUT2D eigenvalue weighted by atomic mass is 16.5. The fraction of sp³-hybridized carbons (Fsp3) is 0.167. The zero-order valence-electron chi connectivity index (χ0n) is 16.7. The number of carbonyl (C=O) groups is 1. The molecule has 0 aliphatic heterocycles. The zero-order chi connectivity index (χ0) is 20.4. The van der Waals surface area contributed by atoms with Gasteiger partial charge in [0.15, 0.2) is 6.10 Å². The van der Waals surface area contributed by atoms with Crippen LogP contribution in [0.25, 0.3) is 16.9 Å². The lowest BCUT2D eigenvalue weighted by atomic mass is 10.1. The van der Waals surface area contributed by atoms with Gasteiger partial charge in [-0.1, -0.05) is 36.4 Å². The van der Waals surface area contributed by atoms with Crippen molar-refractivity contribution in [1.29, 1.82) is 0 Å². The molecule has 5 nitrogen and oxygen atoms in total. The molecule has 0 saturated heterocycles.